The standard InChI is InChI=1S/C21H25NO2/c1-2-4-20(5-3-1)24-21-8-6-19(7-9-21)23-15-12-18-16-17-10-13-22(18)14-11-17/h1-9,17-18H,10-16H2. The molecule has 0 N–H and O–H groups in total. The Morgan fingerprint density at radius 3 is 2.17 bits per heavy atom. The van der Waals surface area contributed by atoms with Gasteiger partial charge in [0, 0.05) is 6.04 Å². The van der Waals surface area contributed by atoms with E-state index < -0.39 is 0 Å². The van der Waals surface area contributed by atoms with Crippen LogP contribution in [0.1, 0.15) is 25.7 Å². The Morgan fingerprint density at radius 1 is 0.833 bits per heavy atom. The Hall–Kier alpha value is -2.00. The molecule has 3 aliphatic rings. The molecule has 3 fully saturated rings. The van der Waals surface area contributed by atoms with Crippen molar-refractivity contribution in [3.63, 3.8) is 0 Å². The fourth-order valence-corrected chi connectivity index (χ4v) is 3.93. The largest absolute Gasteiger partial charge is 0.494 e. The summed E-state index contributed by atoms with van der Waals surface area (Å²) >= 11 is 0. The Balaban J connectivity index is 1.25. The summed E-state index contributed by atoms with van der Waals surface area (Å²) in [6.07, 6.45) is 5.31. The Bertz CT molecular complexity index is 633. The Kier molecular flexibility index (Phi) is 4.70. The molecule has 3 nitrogen and oxygen atoms in total. The zero-order valence-electron chi connectivity index (χ0n) is 14.1. The second-order valence-corrected chi connectivity index (χ2v) is 6.89. The van der Waals surface area contributed by atoms with Gasteiger partial charge in [0.25, 0.3) is 0 Å². The topological polar surface area (TPSA) is 21.7 Å². The van der Waals surface area contributed by atoms with Crippen molar-refractivity contribution in [1.29, 1.82) is 0 Å². The minimum Gasteiger partial charge on any atom is -0.494 e. The van der Waals surface area contributed by atoms with Crippen LogP contribution in [-0.2, 0) is 0 Å². The number of piperidine rings is 3. The average Bonchev–Trinajstić information content (AvgIpc) is 2.65. The monoisotopic (exact) mass is 323 g/mol. The van der Waals surface area contributed by atoms with Crippen molar-refractivity contribution in [2.24, 2.45) is 5.92 Å². The number of fused-ring (bicyclic) bond motifs is 3. The van der Waals surface area contributed by atoms with E-state index in [4.69, 9.17) is 9.47 Å². The molecule has 3 aliphatic heterocycles. The number of para-hydroxylation sites is 1. The normalized spacial score (nSPS) is 25.4. The van der Waals surface area contributed by atoms with E-state index in [-0.39, 0.29) is 0 Å². The molecule has 3 heterocycles. The van der Waals surface area contributed by atoms with E-state index in [0.717, 1.165) is 42.2 Å². The van der Waals surface area contributed by atoms with Gasteiger partial charge in [-0.05, 0) is 81.1 Å². The van der Waals surface area contributed by atoms with Gasteiger partial charge in [-0.1, -0.05) is 18.2 Å². The van der Waals surface area contributed by atoms with Crippen molar-refractivity contribution in [2.75, 3.05) is 19.7 Å². The van der Waals surface area contributed by atoms with Gasteiger partial charge in [0.2, 0.25) is 0 Å². The Labute approximate surface area is 144 Å². The van der Waals surface area contributed by atoms with Gasteiger partial charge in [0.1, 0.15) is 17.2 Å². The number of hydrogen-bond donors (Lipinski definition) is 0. The lowest BCUT2D eigenvalue weighted by Crippen LogP contribution is -2.49. The molecule has 24 heavy (non-hydrogen) atoms. The molecule has 5 rings (SSSR count). The maximum Gasteiger partial charge on any atom is 0.127 e. The fourth-order valence-electron chi connectivity index (χ4n) is 3.93. The van der Waals surface area contributed by atoms with Crippen LogP contribution in [0.4, 0.5) is 0 Å². The van der Waals surface area contributed by atoms with Gasteiger partial charge in [0.15, 0.2) is 0 Å². The third kappa shape index (κ3) is 3.73. The van der Waals surface area contributed by atoms with E-state index in [1.165, 1.54) is 32.4 Å². The maximum absolute atomic E-state index is 5.94. The molecular weight excluding hydrogens is 298 g/mol. The second-order valence-electron chi connectivity index (χ2n) is 6.89. The number of benzene rings is 2. The average molecular weight is 323 g/mol. The third-order valence-electron chi connectivity index (χ3n) is 5.29. The molecule has 0 amide bonds. The van der Waals surface area contributed by atoms with E-state index >= 15 is 0 Å². The summed E-state index contributed by atoms with van der Waals surface area (Å²) in [5.41, 5.74) is 0. The summed E-state index contributed by atoms with van der Waals surface area (Å²) in [6, 6.07) is 18.5. The number of ether oxygens (including phenoxy) is 2. The predicted octanol–water partition coefficient (Wildman–Crippen LogP) is 4.73. The van der Waals surface area contributed by atoms with Crippen LogP contribution >= 0.6 is 0 Å². The molecule has 1 atom stereocenters. The van der Waals surface area contributed by atoms with Crippen LogP contribution in [0, 0.1) is 5.92 Å². The van der Waals surface area contributed by atoms with Gasteiger partial charge in [-0.15, -0.1) is 0 Å². The van der Waals surface area contributed by atoms with Crippen molar-refractivity contribution in [1.82, 2.24) is 4.90 Å². The summed E-state index contributed by atoms with van der Waals surface area (Å²) in [7, 11) is 0. The molecule has 0 saturated carbocycles. The minimum atomic E-state index is 0.734. The quantitative estimate of drug-likeness (QED) is 0.767. The first kappa shape index (κ1) is 15.5. The van der Waals surface area contributed by atoms with Crippen molar-refractivity contribution in [2.45, 2.75) is 31.7 Å². The van der Waals surface area contributed by atoms with Gasteiger partial charge >= 0.3 is 0 Å². The highest BCUT2D eigenvalue weighted by Crippen LogP contribution is 2.33. The van der Waals surface area contributed by atoms with Gasteiger partial charge < -0.3 is 14.4 Å². The SMILES string of the molecule is c1ccc(Oc2ccc(OCCC3CC4CCN3CC4)cc2)cc1. The Morgan fingerprint density at radius 2 is 1.50 bits per heavy atom. The first-order valence-electron chi connectivity index (χ1n) is 9.06. The molecule has 2 aromatic rings. The lowest BCUT2D eigenvalue weighted by Gasteiger charge is -2.45. The summed E-state index contributed by atoms with van der Waals surface area (Å²) in [6.45, 7) is 3.38. The molecule has 0 aliphatic carbocycles. The molecule has 1 unspecified atom stereocenters. The van der Waals surface area contributed by atoms with Crippen molar-refractivity contribution < 1.29 is 9.47 Å². The maximum atomic E-state index is 5.94. The highest BCUT2D eigenvalue weighted by atomic mass is 16.5. The van der Waals surface area contributed by atoms with Crippen molar-refractivity contribution in [3.05, 3.63) is 54.6 Å². The fraction of sp³-hybridized carbons (Fsp3) is 0.429. The lowest BCUT2D eigenvalue weighted by atomic mass is 9.82. The molecule has 0 spiro atoms. The third-order valence-corrected chi connectivity index (χ3v) is 5.29. The van der Waals surface area contributed by atoms with Crippen LogP contribution < -0.4 is 9.47 Å². The van der Waals surface area contributed by atoms with Crippen LogP contribution in [0.3, 0.4) is 0 Å². The van der Waals surface area contributed by atoms with E-state index in [9.17, 15) is 0 Å². The van der Waals surface area contributed by atoms with Crippen LogP contribution in [0.5, 0.6) is 17.2 Å². The molecule has 2 bridgehead atoms. The molecule has 126 valence electrons. The summed E-state index contributed by atoms with van der Waals surface area (Å²) in [5, 5.41) is 0. The number of nitrogens with zero attached hydrogens (tertiary/aromatic N) is 1. The van der Waals surface area contributed by atoms with Crippen LogP contribution in [0.2, 0.25) is 0 Å². The van der Waals surface area contributed by atoms with Gasteiger partial charge in [-0.2, -0.15) is 0 Å². The first-order valence-corrected chi connectivity index (χ1v) is 9.06. The van der Waals surface area contributed by atoms with Gasteiger partial charge in [-0.25, -0.2) is 0 Å². The molecular formula is C21H25NO2. The second kappa shape index (κ2) is 7.27. The first-order chi connectivity index (χ1) is 11.9. The number of hydrogen-bond acceptors (Lipinski definition) is 3. The molecule has 3 saturated heterocycles. The molecule has 0 aromatic heterocycles. The van der Waals surface area contributed by atoms with Gasteiger partial charge in [0.05, 0.1) is 6.61 Å². The van der Waals surface area contributed by atoms with Crippen molar-refractivity contribution in [3.8, 4) is 17.2 Å². The molecule has 2 aromatic carbocycles. The molecule has 3 heteroatoms. The zero-order valence-corrected chi connectivity index (χ0v) is 14.1. The van der Waals surface area contributed by atoms with Gasteiger partial charge in [-0.3, -0.25) is 0 Å². The van der Waals surface area contributed by atoms with E-state index in [2.05, 4.69) is 4.90 Å². The van der Waals surface area contributed by atoms with Crippen molar-refractivity contribution >= 4 is 0 Å². The smallest absolute Gasteiger partial charge is 0.127 e. The minimum absolute atomic E-state index is 0.734. The van der Waals surface area contributed by atoms with E-state index in [1.54, 1.807) is 0 Å². The summed E-state index contributed by atoms with van der Waals surface area (Å²) in [5.74, 6) is 3.58. The zero-order chi connectivity index (χ0) is 16.2. The number of rotatable bonds is 6. The van der Waals surface area contributed by atoms with Crippen LogP contribution in [-0.4, -0.2) is 30.6 Å². The summed E-state index contributed by atoms with van der Waals surface area (Å²) < 4.78 is 11.7. The lowest BCUT2D eigenvalue weighted by molar-refractivity contribution is 0.0380. The van der Waals surface area contributed by atoms with Crippen LogP contribution in [0.25, 0.3) is 0 Å². The predicted molar refractivity (Wildman–Crippen MR) is 95.8 cm³/mol. The summed E-state index contributed by atoms with van der Waals surface area (Å²) in [4.78, 5) is 2.65. The van der Waals surface area contributed by atoms with E-state index in [1.807, 2.05) is 54.6 Å². The highest BCUT2D eigenvalue weighted by molar-refractivity contribution is 5.35. The highest BCUT2D eigenvalue weighted by Gasteiger charge is 2.32. The van der Waals surface area contributed by atoms with E-state index in [0.29, 0.717) is 0 Å². The molecule has 0 radical (unpaired) electrons. The van der Waals surface area contributed by atoms with Crippen LogP contribution in [0.15, 0.2) is 54.6 Å².